The molecule has 1 nitrogen and oxygen atoms in total. The molecule has 0 saturated heterocycles. The van der Waals surface area contributed by atoms with E-state index in [1.54, 1.807) is 0 Å². The Labute approximate surface area is 75.7 Å². The highest BCUT2D eigenvalue weighted by atomic mass is 127. The molecule has 0 bridgehead atoms. The van der Waals surface area contributed by atoms with Gasteiger partial charge in [-0.25, -0.2) is 0 Å². The minimum absolute atomic E-state index is 0.986. The van der Waals surface area contributed by atoms with Gasteiger partial charge in [-0.2, -0.15) is 0 Å². The maximum atomic E-state index is 4.96. The van der Waals surface area contributed by atoms with Crippen molar-refractivity contribution in [3.8, 4) is 0 Å². The lowest BCUT2D eigenvalue weighted by Crippen LogP contribution is -2.14. The van der Waals surface area contributed by atoms with E-state index in [9.17, 15) is 0 Å². The molecule has 0 saturated carbocycles. The van der Waals surface area contributed by atoms with Crippen LogP contribution in [0.25, 0.3) is 0 Å². The van der Waals surface area contributed by atoms with Gasteiger partial charge in [-0.05, 0) is 23.7 Å². The van der Waals surface area contributed by atoms with Crippen LogP contribution in [0.4, 0.5) is 0 Å². The summed E-state index contributed by atoms with van der Waals surface area (Å²) < 4.78 is 1.24. The molecule has 0 atom stereocenters. The Balaban J connectivity index is 2.97. The Hall–Kier alpha value is 0.620. The number of unbranched alkanes of at least 4 members (excludes halogenated alkanes) is 1. The molecule has 0 aliphatic heterocycles. The van der Waals surface area contributed by atoms with Gasteiger partial charge in [0.2, 0.25) is 0 Å². The van der Waals surface area contributed by atoms with Crippen molar-refractivity contribution in [2.75, 3.05) is 11.5 Å². The average Bonchev–Trinajstić information content (AvgIpc) is 1.89. The third kappa shape index (κ3) is 6.51. The highest BCUT2D eigenvalue weighted by Gasteiger charge is 1.90. The molecule has 0 fully saturated rings. The first-order chi connectivity index (χ1) is 4.31. The second-order valence-corrected chi connectivity index (χ2v) is 3.39. The molecule has 0 amide bonds. The van der Waals surface area contributed by atoms with E-state index in [0.29, 0.717) is 0 Å². The lowest BCUT2D eigenvalue weighted by molar-refractivity contribution is 0.843. The van der Waals surface area contributed by atoms with E-state index >= 15 is 0 Å². The van der Waals surface area contributed by atoms with Crippen molar-refractivity contribution in [3.05, 3.63) is 0 Å². The Morgan fingerprint density at radius 3 is 2.67 bits per heavy atom. The highest BCUT2D eigenvalue weighted by Crippen LogP contribution is 1.98. The van der Waals surface area contributed by atoms with Gasteiger partial charge in [-0.1, -0.05) is 34.8 Å². The Bertz CT molecular complexity index is 85.1. The summed E-state index contributed by atoms with van der Waals surface area (Å²) in [5.74, 6) is 0. The molecule has 0 aromatic rings. The van der Waals surface area contributed by atoms with Crippen molar-refractivity contribution in [2.24, 2.45) is 0 Å². The second-order valence-electron chi connectivity index (χ2n) is 1.82. The van der Waals surface area contributed by atoms with Gasteiger partial charge in [0.05, 0.1) is 4.99 Å². The van der Waals surface area contributed by atoms with Gasteiger partial charge < -0.3 is 5.32 Å². The van der Waals surface area contributed by atoms with Crippen LogP contribution in [0.3, 0.4) is 0 Å². The fraction of sp³-hybridized carbons (Fsp3) is 0.833. The van der Waals surface area contributed by atoms with Crippen LogP contribution in [0, 0.1) is 0 Å². The number of nitrogens with one attached hydrogen (secondary N) is 1. The van der Waals surface area contributed by atoms with E-state index in [4.69, 9.17) is 12.2 Å². The van der Waals surface area contributed by atoms with Gasteiger partial charge >= 0.3 is 0 Å². The van der Waals surface area contributed by atoms with E-state index in [0.717, 1.165) is 11.4 Å². The Morgan fingerprint density at radius 1 is 1.56 bits per heavy atom. The largest absolute Gasteiger partial charge is 0.383 e. The number of halogens is 1. The predicted octanol–water partition coefficient (Wildman–Crippen LogP) is 2.14. The summed E-state index contributed by atoms with van der Waals surface area (Å²) in [5, 5.41) is 2.95. The second kappa shape index (κ2) is 6.74. The first-order valence-corrected chi connectivity index (χ1v) is 5.01. The van der Waals surface area contributed by atoms with Gasteiger partial charge in [-0.15, -0.1) is 0 Å². The fourth-order valence-corrected chi connectivity index (χ4v) is 1.19. The van der Waals surface area contributed by atoms with Crippen LogP contribution in [-0.2, 0) is 0 Å². The number of hydrogen-bond donors (Lipinski definition) is 1. The zero-order valence-electron chi connectivity index (χ0n) is 5.61. The minimum atomic E-state index is 0.986. The molecule has 0 radical (unpaired) electrons. The molecule has 0 rings (SSSR count). The van der Waals surface area contributed by atoms with Crippen molar-refractivity contribution < 1.29 is 0 Å². The van der Waals surface area contributed by atoms with Gasteiger partial charge in [0.1, 0.15) is 0 Å². The van der Waals surface area contributed by atoms with Crippen LogP contribution in [-0.4, -0.2) is 16.5 Å². The highest BCUT2D eigenvalue weighted by molar-refractivity contribution is 14.1. The first kappa shape index (κ1) is 9.62. The smallest absolute Gasteiger partial charge is 0.0750 e. The number of rotatable bonds is 4. The molecule has 0 unspecified atom stereocenters. The average molecular weight is 257 g/mol. The zero-order chi connectivity index (χ0) is 7.11. The van der Waals surface area contributed by atoms with Gasteiger partial charge in [-0.3, -0.25) is 0 Å². The lowest BCUT2D eigenvalue weighted by Gasteiger charge is -1.99. The first-order valence-electron chi connectivity index (χ1n) is 3.07. The monoisotopic (exact) mass is 257 g/mol. The van der Waals surface area contributed by atoms with Crippen molar-refractivity contribution in [3.63, 3.8) is 0 Å². The van der Waals surface area contributed by atoms with E-state index in [1.807, 2.05) is 7.05 Å². The maximum absolute atomic E-state index is 4.96. The van der Waals surface area contributed by atoms with Crippen LogP contribution < -0.4 is 5.32 Å². The van der Waals surface area contributed by atoms with Gasteiger partial charge in [0.25, 0.3) is 0 Å². The summed E-state index contributed by atoms with van der Waals surface area (Å²) in [7, 11) is 1.88. The molecule has 0 aliphatic carbocycles. The summed E-state index contributed by atoms with van der Waals surface area (Å²) in [4.78, 5) is 0.986. The van der Waals surface area contributed by atoms with Crippen LogP contribution in [0.5, 0.6) is 0 Å². The summed E-state index contributed by atoms with van der Waals surface area (Å²) in [5.41, 5.74) is 0. The van der Waals surface area contributed by atoms with E-state index < -0.39 is 0 Å². The fourth-order valence-electron chi connectivity index (χ4n) is 0.505. The van der Waals surface area contributed by atoms with E-state index in [2.05, 4.69) is 27.9 Å². The molecule has 1 N–H and O–H groups in total. The van der Waals surface area contributed by atoms with Crippen molar-refractivity contribution in [2.45, 2.75) is 19.3 Å². The quantitative estimate of drug-likeness (QED) is 0.358. The topological polar surface area (TPSA) is 12.0 Å². The summed E-state index contributed by atoms with van der Waals surface area (Å²) in [6.07, 6.45) is 3.56. The van der Waals surface area contributed by atoms with Crippen LogP contribution in [0.1, 0.15) is 19.3 Å². The predicted molar refractivity (Wildman–Crippen MR) is 54.4 cm³/mol. The Morgan fingerprint density at radius 2 is 2.22 bits per heavy atom. The van der Waals surface area contributed by atoms with Crippen molar-refractivity contribution in [1.82, 2.24) is 5.32 Å². The molecule has 9 heavy (non-hydrogen) atoms. The molecular formula is C6H12INS. The third-order valence-corrected chi connectivity index (χ3v) is 2.24. The maximum Gasteiger partial charge on any atom is 0.0750 e. The normalized spacial score (nSPS) is 9.11. The summed E-state index contributed by atoms with van der Waals surface area (Å²) in [6.45, 7) is 0. The molecule has 0 aliphatic rings. The molecule has 0 heterocycles. The minimum Gasteiger partial charge on any atom is -0.383 e. The number of alkyl halides is 1. The molecule has 0 aromatic carbocycles. The zero-order valence-corrected chi connectivity index (χ0v) is 8.59. The molecule has 3 heteroatoms. The van der Waals surface area contributed by atoms with Gasteiger partial charge in [0, 0.05) is 7.05 Å². The van der Waals surface area contributed by atoms with Crippen LogP contribution >= 0.6 is 34.8 Å². The lowest BCUT2D eigenvalue weighted by atomic mass is 10.2. The van der Waals surface area contributed by atoms with Crippen LogP contribution in [0.15, 0.2) is 0 Å². The standard InChI is InChI=1S/C6H12INS/c1-8-6(9)4-2-3-5-7/h2-5H2,1H3,(H,8,9). The molecular weight excluding hydrogens is 245 g/mol. The molecule has 0 aromatic heterocycles. The number of hydrogen-bond acceptors (Lipinski definition) is 1. The summed E-state index contributed by atoms with van der Waals surface area (Å²) in [6, 6.07) is 0. The van der Waals surface area contributed by atoms with Gasteiger partial charge in [0.15, 0.2) is 0 Å². The SMILES string of the molecule is CNC(=S)CCCCI. The van der Waals surface area contributed by atoms with Crippen molar-refractivity contribution >= 4 is 39.8 Å². The van der Waals surface area contributed by atoms with Crippen molar-refractivity contribution in [1.29, 1.82) is 0 Å². The van der Waals surface area contributed by atoms with E-state index in [1.165, 1.54) is 17.3 Å². The van der Waals surface area contributed by atoms with E-state index in [-0.39, 0.29) is 0 Å². The third-order valence-electron chi connectivity index (χ3n) is 1.07. The molecule has 0 spiro atoms. The summed E-state index contributed by atoms with van der Waals surface area (Å²) >= 11 is 7.34. The number of thiocarbonyl (C=S) groups is 1. The molecule has 54 valence electrons. The Kier molecular flexibility index (Phi) is 7.20. The van der Waals surface area contributed by atoms with Crippen LogP contribution in [0.2, 0.25) is 0 Å².